The lowest BCUT2D eigenvalue weighted by Gasteiger charge is -2.17. The Morgan fingerprint density at radius 2 is 1.19 bits per heavy atom. The van der Waals surface area contributed by atoms with Crippen LogP contribution < -0.4 is 15.9 Å². The molecular weight excluding hydrogens is 885 g/mol. The standard InChI is InChI=1S/C26H22BrFN2O2.C24H18FN3O2S/c1-18-23(27)26(31)30(16-15-19-9-4-2-5-10-19)25(29-18)21-13-8-14-22(28)24(21)32-17-20-11-6-3-7-12-20;1-15-21(20-11-10-17(14-26)31-20)24(30)28(13-12-16-6-3-2-4-7-16)23(27-15)18-8-5-9-19(25)22(18)29/h2-14H,15-17H2,1H3;2-11,29H,12-13H2,1H3. The van der Waals surface area contributed by atoms with Crippen LogP contribution >= 0.6 is 27.3 Å². The fourth-order valence-corrected chi connectivity index (χ4v) is 8.16. The van der Waals surface area contributed by atoms with Gasteiger partial charge in [0.1, 0.15) is 33.7 Å². The summed E-state index contributed by atoms with van der Waals surface area (Å²) in [4.78, 5) is 37.1. The average molecular weight is 925 g/mol. The minimum atomic E-state index is -0.778. The molecule has 3 heterocycles. The maximum Gasteiger partial charge on any atom is 0.268 e. The minimum Gasteiger partial charge on any atom is -0.504 e. The minimum absolute atomic E-state index is 0.0819. The zero-order valence-corrected chi connectivity index (χ0v) is 36.7. The molecule has 0 aliphatic heterocycles. The molecule has 63 heavy (non-hydrogen) atoms. The van der Waals surface area contributed by atoms with Gasteiger partial charge in [0.25, 0.3) is 11.1 Å². The van der Waals surface area contributed by atoms with Gasteiger partial charge in [-0.2, -0.15) is 5.26 Å². The van der Waals surface area contributed by atoms with Gasteiger partial charge < -0.3 is 9.84 Å². The summed E-state index contributed by atoms with van der Waals surface area (Å²) in [6.45, 7) is 4.35. The second-order valence-electron chi connectivity index (χ2n) is 14.4. The Bertz CT molecular complexity index is 3040. The number of nitriles is 1. The van der Waals surface area contributed by atoms with Crippen LogP contribution in [0.3, 0.4) is 0 Å². The lowest BCUT2D eigenvalue weighted by Crippen LogP contribution is -2.27. The summed E-state index contributed by atoms with van der Waals surface area (Å²) < 4.78 is 38.2. The number of para-hydroxylation sites is 2. The van der Waals surface area contributed by atoms with Gasteiger partial charge in [0, 0.05) is 18.0 Å². The van der Waals surface area contributed by atoms with E-state index in [0.717, 1.165) is 22.8 Å². The molecule has 1 N–H and O–H groups in total. The zero-order valence-electron chi connectivity index (χ0n) is 34.3. The fraction of sp³-hybridized carbons (Fsp3) is 0.140. The molecule has 13 heteroatoms. The number of ether oxygens (including phenoxy) is 1. The number of hydrogen-bond donors (Lipinski definition) is 1. The highest BCUT2D eigenvalue weighted by atomic mass is 79.9. The number of benzene rings is 5. The predicted octanol–water partition coefficient (Wildman–Crippen LogP) is 10.8. The molecule has 0 spiro atoms. The number of thiophene rings is 1. The molecule has 0 amide bonds. The highest BCUT2D eigenvalue weighted by Crippen LogP contribution is 2.34. The van der Waals surface area contributed by atoms with Crippen molar-refractivity contribution in [1.29, 1.82) is 5.26 Å². The maximum atomic E-state index is 14.9. The Balaban J connectivity index is 0.000000189. The first-order chi connectivity index (χ1) is 30.5. The topological polar surface area (TPSA) is 123 Å². The molecule has 0 aliphatic rings. The van der Waals surface area contributed by atoms with Gasteiger partial charge in [0.05, 0.1) is 28.1 Å². The van der Waals surface area contributed by atoms with Gasteiger partial charge in [-0.3, -0.25) is 18.7 Å². The van der Waals surface area contributed by atoms with Crippen molar-refractivity contribution < 1.29 is 18.6 Å². The van der Waals surface area contributed by atoms with Crippen LogP contribution in [-0.2, 0) is 32.5 Å². The Hall–Kier alpha value is -7.01. The van der Waals surface area contributed by atoms with Gasteiger partial charge in [-0.15, -0.1) is 11.3 Å². The second-order valence-corrected chi connectivity index (χ2v) is 16.3. The van der Waals surface area contributed by atoms with Crippen LogP contribution in [0.5, 0.6) is 11.5 Å². The zero-order chi connectivity index (χ0) is 44.5. The van der Waals surface area contributed by atoms with Crippen LogP contribution in [0, 0.1) is 36.8 Å². The average Bonchev–Trinajstić information content (AvgIpc) is 3.78. The van der Waals surface area contributed by atoms with E-state index in [2.05, 4.69) is 32.0 Å². The van der Waals surface area contributed by atoms with Crippen molar-refractivity contribution in [2.24, 2.45) is 0 Å². The molecule has 5 aromatic carbocycles. The first kappa shape index (κ1) is 44.1. The summed E-state index contributed by atoms with van der Waals surface area (Å²) in [7, 11) is 0. The third-order valence-corrected chi connectivity index (χ3v) is 12.1. The molecule has 316 valence electrons. The van der Waals surface area contributed by atoms with Gasteiger partial charge in [-0.05, 0) is 95.7 Å². The lowest BCUT2D eigenvalue weighted by atomic mass is 10.1. The van der Waals surface area contributed by atoms with E-state index in [4.69, 9.17) is 10.00 Å². The third kappa shape index (κ3) is 10.2. The van der Waals surface area contributed by atoms with E-state index in [9.17, 15) is 23.5 Å². The number of hydrogen-bond acceptors (Lipinski definition) is 8. The summed E-state index contributed by atoms with van der Waals surface area (Å²) in [6, 6.07) is 43.5. The van der Waals surface area contributed by atoms with E-state index in [1.807, 2.05) is 91.0 Å². The highest BCUT2D eigenvalue weighted by molar-refractivity contribution is 9.10. The predicted molar refractivity (Wildman–Crippen MR) is 246 cm³/mol. The normalized spacial score (nSPS) is 10.8. The molecule has 0 atom stereocenters. The molecule has 8 aromatic rings. The van der Waals surface area contributed by atoms with Gasteiger partial charge in [0.2, 0.25) is 0 Å². The van der Waals surface area contributed by atoms with Gasteiger partial charge >= 0.3 is 0 Å². The van der Waals surface area contributed by atoms with Crippen LogP contribution in [0.2, 0.25) is 0 Å². The largest absolute Gasteiger partial charge is 0.504 e. The fourth-order valence-electron chi connectivity index (χ4n) is 6.97. The summed E-state index contributed by atoms with van der Waals surface area (Å²) in [5, 5.41) is 19.4. The van der Waals surface area contributed by atoms with Crippen molar-refractivity contribution in [3.05, 3.63) is 209 Å². The van der Waals surface area contributed by atoms with Crippen molar-refractivity contribution in [2.45, 2.75) is 46.4 Å². The third-order valence-electron chi connectivity index (χ3n) is 10.2. The Labute approximate surface area is 375 Å². The number of halogens is 3. The number of aryl methyl sites for hydroxylation is 4. The van der Waals surface area contributed by atoms with Gasteiger partial charge in [-0.1, -0.05) is 103 Å². The number of aromatic nitrogens is 4. The van der Waals surface area contributed by atoms with Crippen molar-refractivity contribution in [3.63, 3.8) is 0 Å². The summed E-state index contributed by atoms with van der Waals surface area (Å²) in [6.07, 6.45) is 1.20. The Kier molecular flexibility index (Phi) is 14.2. The van der Waals surface area contributed by atoms with Crippen LogP contribution in [0.25, 0.3) is 33.2 Å². The number of phenolic OH excluding ortho intramolecular Hbond substituents is 1. The van der Waals surface area contributed by atoms with E-state index in [1.165, 1.54) is 34.1 Å². The molecule has 8 rings (SSSR count). The molecule has 0 saturated carbocycles. The molecule has 0 bridgehead atoms. The molecule has 0 unspecified atom stereocenters. The van der Waals surface area contributed by atoms with Gasteiger partial charge in [0.15, 0.2) is 23.1 Å². The SMILES string of the molecule is Cc1nc(-c2cccc(F)c2O)n(CCc2ccccc2)c(=O)c1-c1ccc(C#N)s1.Cc1nc(-c2cccc(F)c2OCc2ccccc2)n(CCc2ccccc2)c(=O)c1Br. The van der Waals surface area contributed by atoms with Crippen LogP contribution in [-0.4, -0.2) is 24.2 Å². The quantitative estimate of drug-likeness (QED) is 0.129. The van der Waals surface area contributed by atoms with E-state index >= 15 is 0 Å². The summed E-state index contributed by atoms with van der Waals surface area (Å²) in [5.41, 5.74) is 4.55. The molecule has 3 aromatic heterocycles. The molecular formula is C50H40BrF2N5O4S. The van der Waals surface area contributed by atoms with E-state index in [-0.39, 0.29) is 34.9 Å². The lowest BCUT2D eigenvalue weighted by molar-refractivity contribution is 0.291. The van der Waals surface area contributed by atoms with Crippen molar-refractivity contribution in [2.75, 3.05) is 0 Å². The second kappa shape index (κ2) is 20.2. The Morgan fingerprint density at radius 1 is 0.667 bits per heavy atom. The number of nitrogens with zero attached hydrogens (tertiary/aromatic N) is 5. The van der Waals surface area contributed by atoms with Crippen LogP contribution in [0.1, 0.15) is 33.0 Å². The summed E-state index contributed by atoms with van der Waals surface area (Å²) >= 11 is 4.58. The molecule has 0 saturated heterocycles. The Morgan fingerprint density at radius 3 is 1.78 bits per heavy atom. The van der Waals surface area contributed by atoms with E-state index in [1.54, 1.807) is 42.7 Å². The first-order valence-electron chi connectivity index (χ1n) is 19.9. The highest BCUT2D eigenvalue weighted by Gasteiger charge is 2.22. The molecule has 0 aliphatic carbocycles. The van der Waals surface area contributed by atoms with Crippen molar-refractivity contribution >= 4 is 27.3 Å². The van der Waals surface area contributed by atoms with Crippen LogP contribution in [0.4, 0.5) is 8.78 Å². The van der Waals surface area contributed by atoms with Crippen molar-refractivity contribution in [1.82, 2.24) is 19.1 Å². The van der Waals surface area contributed by atoms with E-state index < -0.39 is 17.4 Å². The van der Waals surface area contributed by atoms with Gasteiger partial charge in [-0.25, -0.2) is 18.7 Å². The summed E-state index contributed by atoms with van der Waals surface area (Å²) in [5.74, 6) is -1.15. The van der Waals surface area contributed by atoms with Crippen molar-refractivity contribution in [3.8, 4) is 50.8 Å². The van der Waals surface area contributed by atoms with Crippen LogP contribution in [0.15, 0.2) is 154 Å². The first-order valence-corrected chi connectivity index (χ1v) is 21.5. The molecule has 9 nitrogen and oxygen atoms in total. The monoisotopic (exact) mass is 923 g/mol. The molecule has 0 radical (unpaired) electrons. The maximum absolute atomic E-state index is 14.9. The number of phenols is 1. The smallest absolute Gasteiger partial charge is 0.268 e. The van der Waals surface area contributed by atoms with E-state index in [0.29, 0.717) is 68.5 Å². The number of aromatic hydroxyl groups is 1. The molecule has 0 fully saturated rings. The number of rotatable bonds is 12.